The second-order valence-corrected chi connectivity index (χ2v) is 13.0. The highest BCUT2D eigenvalue weighted by molar-refractivity contribution is 7.90. The highest BCUT2D eigenvalue weighted by atomic mass is 32.2. The van der Waals surface area contributed by atoms with E-state index in [-0.39, 0.29) is 4.90 Å². The Labute approximate surface area is 209 Å². The number of benzene rings is 2. The summed E-state index contributed by atoms with van der Waals surface area (Å²) in [5.41, 5.74) is 2.39. The van der Waals surface area contributed by atoms with Gasteiger partial charge in [0.15, 0.2) is 0 Å². The lowest BCUT2D eigenvalue weighted by Gasteiger charge is -2.28. The van der Waals surface area contributed by atoms with Crippen molar-refractivity contribution in [3.05, 3.63) is 53.6 Å². The summed E-state index contributed by atoms with van der Waals surface area (Å²) in [5.74, 6) is -0.542. The van der Waals surface area contributed by atoms with Gasteiger partial charge < -0.3 is 5.32 Å². The predicted octanol–water partition coefficient (Wildman–Crippen LogP) is 3.12. The number of nitrogens with one attached hydrogen (secondary N) is 1. The molecule has 192 valence electrons. The highest BCUT2D eigenvalue weighted by Crippen LogP contribution is 2.26. The second-order valence-electron chi connectivity index (χ2n) is 8.98. The van der Waals surface area contributed by atoms with Crippen molar-refractivity contribution < 1.29 is 21.6 Å². The molecular weight excluding hydrogens is 488 g/mol. The van der Waals surface area contributed by atoms with E-state index in [9.17, 15) is 21.6 Å². The summed E-state index contributed by atoms with van der Waals surface area (Å²) in [6, 6.07) is 11.4. The molecule has 1 amide bonds. The fourth-order valence-electron chi connectivity index (χ4n) is 3.95. The molecule has 2 aromatic rings. The standard InChI is InChI=1S/C24H34N4O5S2/c1-19-9-10-20(2)23(17-19)28(35(32,33)26(3)4)18-24(29)25-21-11-13-22(14-12-21)34(30,31)27-15-7-5-6-8-16-27/h9-14,17H,5-8,15-16,18H2,1-4H3,(H,25,29). The second kappa shape index (κ2) is 11.1. The number of carbonyl (C=O) groups is 1. The number of rotatable bonds is 8. The topological polar surface area (TPSA) is 107 Å². The number of carbonyl (C=O) groups excluding carboxylic acids is 1. The smallest absolute Gasteiger partial charge is 0.304 e. The Morgan fingerprint density at radius 3 is 2.09 bits per heavy atom. The summed E-state index contributed by atoms with van der Waals surface area (Å²) in [6.07, 6.45) is 3.75. The monoisotopic (exact) mass is 522 g/mol. The molecule has 0 radical (unpaired) electrons. The van der Waals surface area contributed by atoms with E-state index < -0.39 is 32.7 Å². The van der Waals surface area contributed by atoms with Gasteiger partial charge in [0.25, 0.3) is 0 Å². The van der Waals surface area contributed by atoms with Gasteiger partial charge in [0.2, 0.25) is 15.9 Å². The Morgan fingerprint density at radius 2 is 1.51 bits per heavy atom. The van der Waals surface area contributed by atoms with Crippen LogP contribution in [0, 0.1) is 13.8 Å². The van der Waals surface area contributed by atoms with Crippen molar-refractivity contribution in [1.82, 2.24) is 8.61 Å². The van der Waals surface area contributed by atoms with E-state index in [1.54, 1.807) is 13.0 Å². The average Bonchev–Trinajstić information content (AvgIpc) is 3.10. The molecule has 0 unspecified atom stereocenters. The number of hydrogen-bond donors (Lipinski definition) is 1. The molecule has 0 saturated carbocycles. The third-order valence-electron chi connectivity index (χ3n) is 6.00. The number of anilines is 2. The lowest BCUT2D eigenvalue weighted by Crippen LogP contribution is -2.44. The maximum Gasteiger partial charge on any atom is 0.304 e. The molecule has 1 heterocycles. The van der Waals surface area contributed by atoms with Crippen molar-refractivity contribution in [2.24, 2.45) is 0 Å². The van der Waals surface area contributed by atoms with Crippen LogP contribution in [-0.2, 0) is 25.0 Å². The maximum atomic E-state index is 13.0. The Hall–Kier alpha value is -2.47. The minimum atomic E-state index is -3.94. The van der Waals surface area contributed by atoms with Crippen LogP contribution in [0.1, 0.15) is 36.8 Å². The molecule has 1 aliphatic heterocycles. The molecule has 0 aromatic heterocycles. The zero-order valence-corrected chi connectivity index (χ0v) is 22.3. The van der Waals surface area contributed by atoms with E-state index in [2.05, 4.69) is 5.32 Å². The van der Waals surface area contributed by atoms with Gasteiger partial charge in [-0.1, -0.05) is 25.0 Å². The summed E-state index contributed by atoms with van der Waals surface area (Å²) in [4.78, 5) is 13.0. The van der Waals surface area contributed by atoms with Crippen molar-refractivity contribution in [2.75, 3.05) is 43.4 Å². The van der Waals surface area contributed by atoms with E-state index in [1.807, 2.05) is 19.1 Å². The first-order chi connectivity index (χ1) is 16.4. The molecule has 1 saturated heterocycles. The molecule has 0 aliphatic carbocycles. The van der Waals surface area contributed by atoms with E-state index in [0.717, 1.165) is 45.4 Å². The molecule has 11 heteroatoms. The van der Waals surface area contributed by atoms with Gasteiger partial charge in [-0.3, -0.25) is 4.79 Å². The van der Waals surface area contributed by atoms with E-state index in [1.165, 1.54) is 42.7 Å². The van der Waals surface area contributed by atoms with E-state index in [4.69, 9.17) is 0 Å². The highest BCUT2D eigenvalue weighted by Gasteiger charge is 2.29. The average molecular weight is 523 g/mol. The van der Waals surface area contributed by atoms with Gasteiger partial charge in [-0.25, -0.2) is 12.7 Å². The molecule has 9 nitrogen and oxygen atoms in total. The van der Waals surface area contributed by atoms with Crippen molar-refractivity contribution in [1.29, 1.82) is 0 Å². The van der Waals surface area contributed by atoms with Gasteiger partial charge in [0, 0.05) is 32.9 Å². The number of nitrogens with zero attached hydrogens (tertiary/aromatic N) is 3. The van der Waals surface area contributed by atoms with Crippen LogP contribution < -0.4 is 9.62 Å². The van der Waals surface area contributed by atoms with Crippen LogP contribution in [0.4, 0.5) is 11.4 Å². The predicted molar refractivity (Wildman–Crippen MR) is 138 cm³/mol. The van der Waals surface area contributed by atoms with Crippen LogP contribution in [0.3, 0.4) is 0 Å². The Morgan fingerprint density at radius 1 is 0.914 bits per heavy atom. The fraction of sp³-hybridized carbons (Fsp3) is 0.458. The van der Waals surface area contributed by atoms with Crippen molar-refractivity contribution in [3.8, 4) is 0 Å². The first kappa shape index (κ1) is 27.1. The van der Waals surface area contributed by atoms with Gasteiger partial charge in [0.1, 0.15) is 6.54 Å². The van der Waals surface area contributed by atoms with Crippen LogP contribution in [0.15, 0.2) is 47.4 Å². The van der Waals surface area contributed by atoms with Crippen molar-refractivity contribution in [3.63, 3.8) is 0 Å². The van der Waals surface area contributed by atoms with E-state index >= 15 is 0 Å². The molecule has 1 fully saturated rings. The summed E-state index contributed by atoms with van der Waals surface area (Å²) in [5, 5.41) is 2.68. The molecule has 2 aromatic carbocycles. The normalized spacial score (nSPS) is 15.6. The summed E-state index contributed by atoms with van der Waals surface area (Å²) in [6.45, 7) is 4.22. The SMILES string of the molecule is Cc1ccc(C)c(N(CC(=O)Nc2ccc(S(=O)(=O)N3CCCCCC3)cc2)S(=O)(=O)N(C)C)c1. The minimum Gasteiger partial charge on any atom is -0.325 e. The van der Waals surface area contributed by atoms with Crippen molar-refractivity contribution in [2.45, 2.75) is 44.4 Å². The molecule has 1 aliphatic rings. The number of hydrogen-bond acceptors (Lipinski definition) is 5. The van der Waals surface area contributed by atoms with E-state index in [0.29, 0.717) is 24.5 Å². The molecule has 3 rings (SSSR count). The summed E-state index contributed by atoms with van der Waals surface area (Å²) >= 11 is 0. The Bertz CT molecular complexity index is 1250. The molecule has 0 atom stereocenters. The molecule has 35 heavy (non-hydrogen) atoms. The minimum absolute atomic E-state index is 0.171. The maximum absolute atomic E-state index is 13.0. The Balaban J connectivity index is 1.78. The molecule has 0 spiro atoms. The number of aryl methyl sites for hydroxylation is 2. The number of amides is 1. The summed E-state index contributed by atoms with van der Waals surface area (Å²) in [7, 11) is -4.71. The van der Waals surface area contributed by atoms with Crippen LogP contribution in [-0.4, -0.2) is 65.1 Å². The third-order valence-corrected chi connectivity index (χ3v) is 9.72. The zero-order valence-electron chi connectivity index (χ0n) is 20.7. The Kier molecular flexibility index (Phi) is 8.58. The van der Waals surface area contributed by atoms with Gasteiger partial charge in [-0.05, 0) is 68.1 Å². The van der Waals surface area contributed by atoms with Gasteiger partial charge in [0.05, 0.1) is 10.6 Å². The first-order valence-electron chi connectivity index (χ1n) is 11.6. The molecule has 0 bridgehead atoms. The van der Waals surface area contributed by atoms with Crippen LogP contribution in [0.5, 0.6) is 0 Å². The van der Waals surface area contributed by atoms with Crippen LogP contribution >= 0.6 is 0 Å². The van der Waals surface area contributed by atoms with Crippen molar-refractivity contribution >= 4 is 37.5 Å². The third kappa shape index (κ3) is 6.40. The number of sulfonamides is 1. The van der Waals surface area contributed by atoms with Crippen LogP contribution in [0.2, 0.25) is 0 Å². The summed E-state index contributed by atoms with van der Waals surface area (Å²) < 4.78 is 55.6. The fourth-order valence-corrected chi connectivity index (χ4v) is 6.59. The quantitative estimate of drug-likeness (QED) is 0.573. The van der Waals surface area contributed by atoms with Gasteiger partial charge in [-0.2, -0.15) is 17.0 Å². The van der Waals surface area contributed by atoms with Gasteiger partial charge >= 0.3 is 10.2 Å². The largest absolute Gasteiger partial charge is 0.325 e. The van der Waals surface area contributed by atoms with Crippen LogP contribution in [0.25, 0.3) is 0 Å². The molecular formula is C24H34N4O5S2. The first-order valence-corrected chi connectivity index (χ1v) is 14.4. The lowest BCUT2D eigenvalue weighted by molar-refractivity contribution is -0.114. The zero-order chi connectivity index (χ0) is 25.8. The molecule has 1 N–H and O–H groups in total. The van der Waals surface area contributed by atoms with Gasteiger partial charge in [-0.15, -0.1) is 0 Å². The lowest BCUT2D eigenvalue weighted by atomic mass is 10.1.